The number of carbonyl (C=O) groups is 2. The van der Waals surface area contributed by atoms with Crippen LogP contribution in [0.5, 0.6) is 0 Å². The molecule has 40 heavy (non-hydrogen) atoms. The highest BCUT2D eigenvalue weighted by Crippen LogP contribution is 2.41. The number of hydrogen-bond donors (Lipinski definition) is 0. The minimum atomic E-state index is -5.32. The number of rotatable bonds is 8. The molecule has 16 heteroatoms. The largest absolute Gasteiger partial charge is 0.417 e. The average molecular weight is 630 g/mol. The van der Waals surface area contributed by atoms with Crippen molar-refractivity contribution in [2.24, 2.45) is 0 Å². The number of halogens is 13. The van der Waals surface area contributed by atoms with E-state index < -0.39 is 99.5 Å². The van der Waals surface area contributed by atoms with Crippen molar-refractivity contribution in [3.8, 4) is 0 Å². The maximum absolute atomic E-state index is 14.9. The number of nitrogens with zero attached hydrogens (tertiary/aromatic N) is 1. The topological polar surface area (TPSA) is 37.4 Å². The van der Waals surface area contributed by atoms with E-state index in [1.54, 1.807) is 0 Å². The molecule has 1 unspecified atom stereocenters. The van der Waals surface area contributed by atoms with Crippen LogP contribution in [-0.2, 0) is 11.0 Å². The van der Waals surface area contributed by atoms with Gasteiger partial charge in [0.25, 0.3) is 0 Å². The highest BCUT2D eigenvalue weighted by molar-refractivity contribution is 6.35. The Morgan fingerprint density at radius 2 is 1.48 bits per heavy atom. The van der Waals surface area contributed by atoms with Crippen LogP contribution < -0.4 is 0 Å². The zero-order valence-electron chi connectivity index (χ0n) is 19.8. The molecule has 0 aromatic heterocycles. The van der Waals surface area contributed by atoms with Crippen LogP contribution in [0, 0.1) is 5.82 Å². The normalized spacial score (nSPS) is 13.8. The fourth-order valence-electron chi connectivity index (χ4n) is 3.45. The van der Waals surface area contributed by atoms with Crippen LogP contribution in [0.1, 0.15) is 45.8 Å². The number of amides is 1. The van der Waals surface area contributed by atoms with Gasteiger partial charge in [-0.1, -0.05) is 35.3 Å². The molecule has 0 fully saturated rings. The molecular weight excluding hydrogens is 614 g/mol. The summed E-state index contributed by atoms with van der Waals surface area (Å²) in [5, 5.41) is -1.65. The number of carbonyl (C=O) groups excluding carboxylic acids is 2. The van der Waals surface area contributed by atoms with Crippen LogP contribution in [0.25, 0.3) is 5.83 Å². The summed E-state index contributed by atoms with van der Waals surface area (Å²) in [7, 11) is 0.771. The van der Waals surface area contributed by atoms with Gasteiger partial charge < -0.3 is 4.90 Å². The van der Waals surface area contributed by atoms with Crippen molar-refractivity contribution in [2.75, 3.05) is 13.6 Å². The quantitative estimate of drug-likeness (QED) is 0.166. The molecule has 1 atom stereocenters. The molecule has 0 bridgehead atoms. The lowest BCUT2D eigenvalue weighted by atomic mass is 9.94. The molecule has 0 radical (unpaired) electrons. The van der Waals surface area contributed by atoms with Crippen LogP contribution in [0.4, 0.5) is 48.3 Å². The van der Waals surface area contributed by atoms with Crippen LogP contribution in [0.3, 0.4) is 0 Å². The van der Waals surface area contributed by atoms with Gasteiger partial charge in [0, 0.05) is 31.0 Å². The summed E-state index contributed by atoms with van der Waals surface area (Å²) >= 11 is 11.0. The van der Waals surface area contributed by atoms with Gasteiger partial charge in [-0.3, -0.25) is 9.59 Å². The first kappa shape index (κ1) is 33.3. The second-order valence-electron chi connectivity index (χ2n) is 8.38. The van der Waals surface area contributed by atoms with E-state index in [-0.39, 0.29) is 17.0 Å². The van der Waals surface area contributed by atoms with Crippen molar-refractivity contribution in [3.05, 3.63) is 74.5 Å². The molecule has 1 amide bonds. The molecule has 0 aliphatic carbocycles. The van der Waals surface area contributed by atoms with Crippen LogP contribution in [0.2, 0.25) is 10.0 Å². The Kier molecular flexibility index (Phi) is 10.3. The monoisotopic (exact) mass is 629 g/mol. The third-order valence-electron chi connectivity index (χ3n) is 5.34. The first-order chi connectivity index (χ1) is 18.1. The highest BCUT2D eigenvalue weighted by Gasteiger charge is 2.41. The number of benzene rings is 2. The minimum Gasteiger partial charge on any atom is -0.337 e. The predicted molar refractivity (Wildman–Crippen MR) is 123 cm³/mol. The van der Waals surface area contributed by atoms with Crippen molar-refractivity contribution < 1.29 is 57.9 Å². The smallest absolute Gasteiger partial charge is 0.337 e. The van der Waals surface area contributed by atoms with Gasteiger partial charge in [0.05, 0.1) is 15.6 Å². The summed E-state index contributed by atoms with van der Waals surface area (Å²) in [6.07, 6.45) is -17.2. The molecule has 3 nitrogen and oxygen atoms in total. The molecule has 0 N–H and O–H groups in total. The van der Waals surface area contributed by atoms with E-state index in [1.165, 1.54) is 0 Å². The first-order valence-corrected chi connectivity index (χ1v) is 11.5. The minimum absolute atomic E-state index is 0.0642. The highest BCUT2D eigenvalue weighted by atomic mass is 35.5. The van der Waals surface area contributed by atoms with Gasteiger partial charge in [-0.15, -0.1) is 0 Å². The molecule has 0 spiro atoms. The van der Waals surface area contributed by atoms with Gasteiger partial charge in [-0.2, -0.15) is 39.5 Å². The van der Waals surface area contributed by atoms with E-state index in [4.69, 9.17) is 23.2 Å². The summed E-state index contributed by atoms with van der Waals surface area (Å²) in [6, 6.07) is 2.13. The fourth-order valence-corrected chi connectivity index (χ4v) is 3.95. The maximum Gasteiger partial charge on any atom is 0.417 e. The summed E-state index contributed by atoms with van der Waals surface area (Å²) in [5.41, 5.74) is -4.67. The Morgan fingerprint density at radius 1 is 0.925 bits per heavy atom. The third-order valence-corrected chi connectivity index (χ3v) is 5.89. The molecule has 0 aliphatic rings. The van der Waals surface area contributed by atoms with Crippen molar-refractivity contribution in [3.63, 3.8) is 0 Å². The molecule has 0 saturated carbocycles. The van der Waals surface area contributed by atoms with Gasteiger partial charge in [-0.25, -0.2) is 8.78 Å². The summed E-state index contributed by atoms with van der Waals surface area (Å²) in [5.74, 6) is -8.39. The molecule has 2 aromatic carbocycles. The van der Waals surface area contributed by atoms with Crippen molar-refractivity contribution in [1.29, 1.82) is 0 Å². The predicted octanol–water partition coefficient (Wildman–Crippen LogP) is 8.79. The molecular formula is C24H16Cl2F11NO2. The zero-order chi connectivity index (χ0) is 30.8. The Labute approximate surface area is 229 Å². The summed E-state index contributed by atoms with van der Waals surface area (Å²) < 4.78 is 148. The van der Waals surface area contributed by atoms with Gasteiger partial charge in [0.1, 0.15) is 18.3 Å². The van der Waals surface area contributed by atoms with E-state index in [0.717, 1.165) is 7.05 Å². The lowest BCUT2D eigenvalue weighted by Gasteiger charge is -2.19. The maximum atomic E-state index is 14.9. The van der Waals surface area contributed by atoms with Gasteiger partial charge in [-0.05, 0) is 29.8 Å². The van der Waals surface area contributed by atoms with Crippen molar-refractivity contribution in [2.45, 2.75) is 37.3 Å². The molecule has 220 valence electrons. The lowest BCUT2D eigenvalue weighted by Crippen LogP contribution is -2.35. The van der Waals surface area contributed by atoms with Crippen LogP contribution >= 0.6 is 23.2 Å². The average Bonchev–Trinajstić information content (AvgIpc) is 2.80. The Bertz CT molecular complexity index is 1280. The van der Waals surface area contributed by atoms with Crippen molar-refractivity contribution >= 4 is 40.7 Å². The number of hydrogen-bond acceptors (Lipinski definition) is 2. The number of ketones is 1. The van der Waals surface area contributed by atoms with Gasteiger partial charge in [0.2, 0.25) is 5.91 Å². The Balaban J connectivity index is 2.42. The number of allylic oxidation sites excluding steroid dienone is 1. The number of Topliss-reactive ketones (excluding diaryl/α,β-unsaturated/α-hetero) is 1. The summed E-state index contributed by atoms with van der Waals surface area (Å²) in [4.78, 5) is 24.4. The molecule has 2 rings (SSSR count). The standard InChI is InChI=1S/C24H16Cl2F11NO2/c1-38(10-22(29,30)31)20(40)5-4-19(39)13-3-2-11(6-15(13)24(35,36)37)18(27)9-14(23(32,33)34)12-7-16(25)21(28)17(26)8-12/h2-3,6-9,14H,4-5,10H2,1H3/b18-9-. The van der Waals surface area contributed by atoms with E-state index >= 15 is 0 Å². The van der Waals surface area contributed by atoms with E-state index in [0.29, 0.717) is 24.3 Å². The second-order valence-corrected chi connectivity index (χ2v) is 9.19. The summed E-state index contributed by atoms with van der Waals surface area (Å²) in [6.45, 7) is -1.66. The zero-order valence-corrected chi connectivity index (χ0v) is 21.4. The van der Waals surface area contributed by atoms with E-state index in [2.05, 4.69) is 0 Å². The Hall–Kier alpha value is -2.87. The molecule has 0 saturated heterocycles. The number of alkyl halides is 9. The SMILES string of the molecule is CN(CC(F)(F)F)C(=O)CCC(=O)c1ccc(/C(F)=C/C(c2cc(Cl)c(F)c(Cl)c2)C(F)(F)F)cc1C(F)(F)F. The third kappa shape index (κ3) is 8.82. The van der Waals surface area contributed by atoms with E-state index in [1.807, 2.05) is 0 Å². The van der Waals surface area contributed by atoms with E-state index in [9.17, 15) is 57.9 Å². The van der Waals surface area contributed by atoms with Crippen LogP contribution in [-0.4, -0.2) is 42.5 Å². The molecule has 0 aliphatic heterocycles. The van der Waals surface area contributed by atoms with Gasteiger partial charge >= 0.3 is 18.5 Å². The molecule has 2 aromatic rings. The fraction of sp³-hybridized carbons (Fsp3) is 0.333. The van der Waals surface area contributed by atoms with Crippen molar-refractivity contribution in [1.82, 2.24) is 4.90 Å². The second kappa shape index (κ2) is 12.3. The lowest BCUT2D eigenvalue weighted by molar-refractivity contribution is -0.158. The molecule has 0 heterocycles. The Morgan fingerprint density at radius 3 is 1.95 bits per heavy atom. The van der Waals surface area contributed by atoms with Gasteiger partial charge in [0.15, 0.2) is 11.6 Å². The van der Waals surface area contributed by atoms with Crippen LogP contribution in [0.15, 0.2) is 36.4 Å². The first-order valence-electron chi connectivity index (χ1n) is 10.8.